The number of carbonyl (C=O) groups is 1. The van der Waals surface area contributed by atoms with Crippen molar-refractivity contribution < 1.29 is 14.3 Å². The second kappa shape index (κ2) is 11.0. The highest BCUT2D eigenvalue weighted by atomic mass is 35.5. The van der Waals surface area contributed by atoms with E-state index < -0.39 is 0 Å². The van der Waals surface area contributed by atoms with Crippen molar-refractivity contribution in [2.45, 2.75) is 58.6 Å². The first-order chi connectivity index (χ1) is 14.9. The molecule has 0 aromatic heterocycles. The van der Waals surface area contributed by atoms with Gasteiger partial charge in [0.05, 0.1) is 12.7 Å². The molecule has 168 valence electrons. The molecule has 1 saturated heterocycles. The zero-order valence-corrected chi connectivity index (χ0v) is 19.7. The normalized spacial score (nSPS) is 22.2. The highest BCUT2D eigenvalue weighted by Gasteiger charge is 2.35. The smallest absolute Gasteiger partial charge is 0.258 e. The second-order valence-corrected chi connectivity index (χ2v) is 9.26. The quantitative estimate of drug-likeness (QED) is 0.532. The highest BCUT2D eigenvalue weighted by Crippen LogP contribution is 2.45. The number of halogens is 1. The van der Waals surface area contributed by atoms with Gasteiger partial charge in [0.25, 0.3) is 5.91 Å². The Bertz CT molecular complexity index is 869. The molecule has 2 aromatic rings. The molecule has 0 saturated carbocycles. The standard InChI is InChI=1S/C26H34ClNO3/c1-5-18(4)28-25(29)16-30-21-10-8-9-19(13-21)26-23(17(2)3)14-20(15-31-26)22-11-6-7-12-24(22)27/h6-13,17-18,20,23,26H,5,14-16H2,1-4H3,(H,28,29)/t18-,20+,23+,26+/m1/s1. The number of ether oxygens (including phenoxy) is 2. The fourth-order valence-electron chi connectivity index (χ4n) is 4.20. The summed E-state index contributed by atoms with van der Waals surface area (Å²) in [6.45, 7) is 9.18. The van der Waals surface area contributed by atoms with Gasteiger partial charge in [-0.15, -0.1) is 0 Å². The molecule has 0 unspecified atom stereocenters. The minimum absolute atomic E-state index is 0.00349. The molecule has 1 aliphatic heterocycles. The number of benzene rings is 2. The van der Waals surface area contributed by atoms with Gasteiger partial charge in [-0.05, 0) is 60.9 Å². The maximum Gasteiger partial charge on any atom is 0.258 e. The van der Waals surface area contributed by atoms with Gasteiger partial charge in [0.2, 0.25) is 0 Å². The molecule has 2 aromatic carbocycles. The van der Waals surface area contributed by atoms with Crippen molar-refractivity contribution in [3.05, 3.63) is 64.7 Å². The van der Waals surface area contributed by atoms with Crippen molar-refractivity contribution in [3.63, 3.8) is 0 Å². The van der Waals surface area contributed by atoms with E-state index in [2.05, 4.69) is 31.3 Å². The first-order valence-electron chi connectivity index (χ1n) is 11.3. The second-order valence-electron chi connectivity index (χ2n) is 8.85. The summed E-state index contributed by atoms with van der Waals surface area (Å²) in [5.74, 6) is 1.70. The summed E-state index contributed by atoms with van der Waals surface area (Å²) in [7, 11) is 0. The van der Waals surface area contributed by atoms with Crippen LogP contribution in [0.2, 0.25) is 5.02 Å². The average Bonchev–Trinajstić information content (AvgIpc) is 2.77. The predicted octanol–water partition coefficient (Wildman–Crippen LogP) is 6.15. The molecule has 5 heteroatoms. The van der Waals surface area contributed by atoms with Crippen LogP contribution in [-0.2, 0) is 9.53 Å². The Morgan fingerprint density at radius 2 is 1.97 bits per heavy atom. The zero-order valence-electron chi connectivity index (χ0n) is 18.9. The van der Waals surface area contributed by atoms with Gasteiger partial charge in [0, 0.05) is 17.0 Å². The van der Waals surface area contributed by atoms with Crippen LogP contribution in [0.3, 0.4) is 0 Å². The van der Waals surface area contributed by atoms with E-state index in [0.717, 1.165) is 29.0 Å². The first kappa shape index (κ1) is 23.6. The van der Waals surface area contributed by atoms with Gasteiger partial charge in [-0.3, -0.25) is 4.79 Å². The van der Waals surface area contributed by atoms with E-state index in [1.165, 1.54) is 0 Å². The summed E-state index contributed by atoms with van der Waals surface area (Å²) in [6.07, 6.45) is 1.91. The summed E-state index contributed by atoms with van der Waals surface area (Å²) in [6, 6.07) is 16.2. The Balaban J connectivity index is 1.69. The largest absolute Gasteiger partial charge is 0.484 e. The molecule has 1 heterocycles. The molecule has 0 spiro atoms. The third-order valence-corrected chi connectivity index (χ3v) is 6.54. The molecular formula is C26H34ClNO3. The van der Waals surface area contributed by atoms with Gasteiger partial charge in [-0.25, -0.2) is 0 Å². The van der Waals surface area contributed by atoms with Crippen LogP contribution < -0.4 is 10.1 Å². The molecular weight excluding hydrogens is 410 g/mol. The van der Waals surface area contributed by atoms with Crippen molar-refractivity contribution in [2.24, 2.45) is 11.8 Å². The Labute approximate surface area is 191 Å². The van der Waals surface area contributed by atoms with Gasteiger partial charge < -0.3 is 14.8 Å². The maximum atomic E-state index is 12.0. The molecule has 1 N–H and O–H groups in total. The number of nitrogens with one attached hydrogen (secondary N) is 1. The van der Waals surface area contributed by atoms with Crippen LogP contribution in [0.4, 0.5) is 0 Å². The fraction of sp³-hybridized carbons (Fsp3) is 0.500. The number of hydrogen-bond acceptors (Lipinski definition) is 3. The first-order valence-corrected chi connectivity index (χ1v) is 11.6. The highest BCUT2D eigenvalue weighted by molar-refractivity contribution is 6.31. The van der Waals surface area contributed by atoms with E-state index in [1.54, 1.807) is 0 Å². The van der Waals surface area contributed by atoms with Gasteiger partial charge in [0.15, 0.2) is 6.61 Å². The van der Waals surface area contributed by atoms with Crippen LogP contribution >= 0.6 is 11.6 Å². The minimum atomic E-state index is -0.101. The predicted molar refractivity (Wildman–Crippen MR) is 126 cm³/mol. The molecule has 1 fully saturated rings. The molecule has 0 aliphatic carbocycles. The maximum absolute atomic E-state index is 12.0. The Morgan fingerprint density at radius 1 is 1.19 bits per heavy atom. The Morgan fingerprint density at radius 3 is 2.68 bits per heavy atom. The molecule has 1 amide bonds. The summed E-state index contributed by atoms with van der Waals surface area (Å²) in [5.41, 5.74) is 2.26. The molecule has 0 bridgehead atoms. The zero-order chi connectivity index (χ0) is 22.4. The van der Waals surface area contributed by atoms with Crippen molar-refractivity contribution in [1.82, 2.24) is 5.32 Å². The van der Waals surface area contributed by atoms with Crippen LogP contribution in [0.15, 0.2) is 48.5 Å². The van der Waals surface area contributed by atoms with Crippen LogP contribution in [-0.4, -0.2) is 25.2 Å². The van der Waals surface area contributed by atoms with Gasteiger partial charge >= 0.3 is 0 Å². The van der Waals surface area contributed by atoms with Crippen LogP contribution in [0.1, 0.15) is 63.7 Å². The Hall–Kier alpha value is -2.04. The van der Waals surface area contributed by atoms with Crippen LogP contribution in [0, 0.1) is 11.8 Å². The average molecular weight is 444 g/mol. The lowest BCUT2D eigenvalue weighted by molar-refractivity contribution is -0.123. The Kier molecular flexibility index (Phi) is 8.39. The topological polar surface area (TPSA) is 47.6 Å². The molecule has 4 atom stereocenters. The third-order valence-electron chi connectivity index (χ3n) is 6.20. The van der Waals surface area contributed by atoms with Crippen molar-refractivity contribution >= 4 is 17.5 Å². The molecule has 0 radical (unpaired) electrons. The van der Waals surface area contributed by atoms with E-state index in [0.29, 0.717) is 30.1 Å². The summed E-state index contributed by atoms with van der Waals surface area (Å²) >= 11 is 6.46. The monoisotopic (exact) mass is 443 g/mol. The summed E-state index contributed by atoms with van der Waals surface area (Å²) < 4.78 is 12.2. The van der Waals surface area contributed by atoms with E-state index in [4.69, 9.17) is 21.1 Å². The fourth-order valence-corrected chi connectivity index (χ4v) is 4.49. The lowest BCUT2D eigenvalue weighted by Gasteiger charge is -2.39. The molecule has 1 aliphatic rings. The van der Waals surface area contributed by atoms with E-state index in [9.17, 15) is 4.79 Å². The third kappa shape index (κ3) is 6.24. The van der Waals surface area contributed by atoms with Crippen LogP contribution in [0.25, 0.3) is 0 Å². The number of hydrogen-bond donors (Lipinski definition) is 1. The lowest BCUT2D eigenvalue weighted by atomic mass is 9.76. The lowest BCUT2D eigenvalue weighted by Crippen LogP contribution is -2.35. The summed E-state index contributed by atoms with van der Waals surface area (Å²) in [4.78, 5) is 12.0. The van der Waals surface area contributed by atoms with Gasteiger partial charge in [-0.2, -0.15) is 0 Å². The van der Waals surface area contributed by atoms with Gasteiger partial charge in [-0.1, -0.05) is 62.7 Å². The van der Waals surface area contributed by atoms with Crippen molar-refractivity contribution in [1.29, 1.82) is 0 Å². The van der Waals surface area contributed by atoms with Crippen molar-refractivity contribution in [3.8, 4) is 5.75 Å². The summed E-state index contributed by atoms with van der Waals surface area (Å²) in [5, 5.41) is 3.73. The minimum Gasteiger partial charge on any atom is -0.484 e. The van der Waals surface area contributed by atoms with E-state index in [1.807, 2.05) is 50.2 Å². The van der Waals surface area contributed by atoms with Gasteiger partial charge in [0.1, 0.15) is 5.75 Å². The molecule has 31 heavy (non-hydrogen) atoms. The number of rotatable bonds is 8. The van der Waals surface area contributed by atoms with Crippen LogP contribution in [0.5, 0.6) is 5.75 Å². The van der Waals surface area contributed by atoms with E-state index >= 15 is 0 Å². The van der Waals surface area contributed by atoms with Crippen molar-refractivity contribution in [2.75, 3.05) is 13.2 Å². The SMILES string of the molecule is CC[C@@H](C)NC(=O)COc1cccc([C@@H]2OC[C@@H](c3ccccc3Cl)C[C@H]2C(C)C)c1. The molecule has 3 rings (SSSR count). The van der Waals surface area contributed by atoms with E-state index in [-0.39, 0.29) is 24.7 Å². The number of amides is 1. The number of carbonyl (C=O) groups excluding carboxylic acids is 1. The molecule has 4 nitrogen and oxygen atoms in total.